The summed E-state index contributed by atoms with van der Waals surface area (Å²) in [6.07, 6.45) is 1.93. The second-order valence-electron chi connectivity index (χ2n) is 2.59. The van der Waals surface area contributed by atoms with Crippen LogP contribution in [0.4, 0.5) is 0 Å². The van der Waals surface area contributed by atoms with Crippen molar-refractivity contribution in [2.75, 3.05) is 6.61 Å². The van der Waals surface area contributed by atoms with Crippen molar-refractivity contribution >= 4 is 28.9 Å². The second-order valence-corrected chi connectivity index (χ2v) is 4.31. The first-order valence-corrected chi connectivity index (χ1v) is 5.36. The van der Waals surface area contributed by atoms with Crippen LogP contribution in [0.3, 0.4) is 0 Å². The molecule has 1 rings (SSSR count). The minimum absolute atomic E-state index is 0.273. The van der Waals surface area contributed by atoms with Gasteiger partial charge in [0.2, 0.25) is 0 Å². The fourth-order valence-corrected chi connectivity index (χ4v) is 1.74. The molecule has 0 atom stereocenters. The van der Waals surface area contributed by atoms with E-state index in [9.17, 15) is 4.79 Å². The van der Waals surface area contributed by atoms with Crippen LogP contribution in [0, 0.1) is 0 Å². The predicted octanol–water partition coefficient (Wildman–Crippen LogP) is 3.36. The first kappa shape index (κ1) is 10.5. The predicted molar refractivity (Wildman–Crippen MR) is 54.5 cm³/mol. The number of unbranched alkanes of at least 4 members (excludes halogenated alkanes) is 1. The van der Waals surface area contributed by atoms with E-state index in [4.69, 9.17) is 16.3 Å². The summed E-state index contributed by atoms with van der Waals surface area (Å²) in [4.78, 5) is 11.8. The summed E-state index contributed by atoms with van der Waals surface area (Å²) in [6, 6.07) is 3.38. The zero-order chi connectivity index (χ0) is 9.68. The first-order valence-electron chi connectivity index (χ1n) is 4.16. The third kappa shape index (κ3) is 3.36. The highest BCUT2D eigenvalue weighted by molar-refractivity contribution is 7.17. The number of ether oxygens (including phenoxy) is 1. The van der Waals surface area contributed by atoms with Crippen LogP contribution < -0.4 is 0 Å². The Balaban J connectivity index is 2.40. The fourth-order valence-electron chi connectivity index (χ4n) is 0.804. The van der Waals surface area contributed by atoms with Gasteiger partial charge in [-0.1, -0.05) is 24.9 Å². The average molecular weight is 219 g/mol. The van der Waals surface area contributed by atoms with Crippen molar-refractivity contribution in [3.63, 3.8) is 0 Å². The Kier molecular flexibility index (Phi) is 4.25. The van der Waals surface area contributed by atoms with Crippen LogP contribution in [-0.2, 0) is 4.74 Å². The summed E-state index contributed by atoms with van der Waals surface area (Å²) < 4.78 is 5.61. The lowest BCUT2D eigenvalue weighted by Crippen LogP contribution is -2.03. The molecule has 0 amide bonds. The van der Waals surface area contributed by atoms with E-state index in [1.165, 1.54) is 11.3 Å². The number of carbonyl (C=O) groups excluding carboxylic acids is 1. The Bertz CT molecular complexity index is 283. The van der Waals surface area contributed by atoms with Gasteiger partial charge in [-0.05, 0) is 18.6 Å². The molecule has 13 heavy (non-hydrogen) atoms. The highest BCUT2D eigenvalue weighted by Gasteiger charge is 2.08. The molecule has 4 heteroatoms. The monoisotopic (exact) mass is 218 g/mol. The number of hydrogen-bond donors (Lipinski definition) is 0. The van der Waals surface area contributed by atoms with Crippen LogP contribution in [0.5, 0.6) is 0 Å². The number of halogens is 1. The lowest BCUT2D eigenvalue weighted by Gasteiger charge is -2.00. The molecule has 0 unspecified atom stereocenters. The van der Waals surface area contributed by atoms with Gasteiger partial charge in [-0.15, -0.1) is 11.3 Å². The number of thiophene rings is 1. The van der Waals surface area contributed by atoms with Gasteiger partial charge in [-0.3, -0.25) is 0 Å². The van der Waals surface area contributed by atoms with Crippen molar-refractivity contribution in [1.29, 1.82) is 0 Å². The molecule has 0 bridgehead atoms. The van der Waals surface area contributed by atoms with Crippen molar-refractivity contribution < 1.29 is 9.53 Å². The van der Waals surface area contributed by atoms with Crippen molar-refractivity contribution in [3.05, 3.63) is 21.3 Å². The minimum atomic E-state index is -0.273. The summed E-state index contributed by atoms with van der Waals surface area (Å²) in [5, 5.41) is 0. The molecule has 0 aliphatic carbocycles. The molecule has 1 heterocycles. The Morgan fingerprint density at radius 3 is 2.92 bits per heavy atom. The lowest BCUT2D eigenvalue weighted by molar-refractivity contribution is 0.0505. The standard InChI is InChI=1S/C9H11ClO2S/c1-2-3-6-12-9(11)7-4-5-8(10)13-7/h4-5H,2-3,6H2,1H3. The molecule has 0 aliphatic heterocycles. The van der Waals surface area contributed by atoms with Gasteiger partial charge in [0.05, 0.1) is 10.9 Å². The summed E-state index contributed by atoms with van der Waals surface area (Å²) >= 11 is 6.92. The molecular weight excluding hydrogens is 208 g/mol. The molecule has 0 aromatic carbocycles. The molecule has 1 aromatic rings. The second kappa shape index (κ2) is 5.25. The molecule has 0 N–H and O–H groups in total. The summed E-state index contributed by atoms with van der Waals surface area (Å²) in [5.41, 5.74) is 0. The van der Waals surface area contributed by atoms with E-state index in [1.54, 1.807) is 12.1 Å². The fraction of sp³-hybridized carbons (Fsp3) is 0.444. The minimum Gasteiger partial charge on any atom is -0.462 e. The van der Waals surface area contributed by atoms with Crippen molar-refractivity contribution in [2.45, 2.75) is 19.8 Å². The SMILES string of the molecule is CCCCOC(=O)c1ccc(Cl)s1. The largest absolute Gasteiger partial charge is 0.462 e. The third-order valence-electron chi connectivity index (χ3n) is 1.51. The Morgan fingerprint density at radius 2 is 2.38 bits per heavy atom. The van der Waals surface area contributed by atoms with Gasteiger partial charge in [-0.2, -0.15) is 0 Å². The number of hydrogen-bond acceptors (Lipinski definition) is 3. The molecule has 0 aliphatic rings. The van der Waals surface area contributed by atoms with E-state index in [1.807, 2.05) is 0 Å². The maximum atomic E-state index is 11.3. The van der Waals surface area contributed by atoms with Gasteiger partial charge in [0.25, 0.3) is 0 Å². The highest BCUT2D eigenvalue weighted by Crippen LogP contribution is 2.21. The maximum Gasteiger partial charge on any atom is 0.348 e. The summed E-state index contributed by atoms with van der Waals surface area (Å²) in [5.74, 6) is -0.273. The molecular formula is C9H11ClO2S. The lowest BCUT2D eigenvalue weighted by atomic mass is 10.4. The molecule has 72 valence electrons. The third-order valence-corrected chi connectivity index (χ3v) is 2.72. The number of carbonyl (C=O) groups is 1. The Morgan fingerprint density at radius 1 is 1.62 bits per heavy atom. The Hall–Kier alpha value is -0.540. The van der Waals surface area contributed by atoms with Gasteiger partial charge >= 0.3 is 5.97 Å². The van der Waals surface area contributed by atoms with E-state index in [0.717, 1.165) is 12.8 Å². The van der Waals surface area contributed by atoms with E-state index >= 15 is 0 Å². The van der Waals surface area contributed by atoms with Crippen LogP contribution >= 0.6 is 22.9 Å². The molecule has 0 radical (unpaired) electrons. The van der Waals surface area contributed by atoms with Gasteiger partial charge in [0.1, 0.15) is 4.88 Å². The highest BCUT2D eigenvalue weighted by atomic mass is 35.5. The normalized spacial score (nSPS) is 10.0. The zero-order valence-electron chi connectivity index (χ0n) is 7.38. The van der Waals surface area contributed by atoms with Gasteiger partial charge in [0, 0.05) is 0 Å². The first-order chi connectivity index (χ1) is 6.24. The maximum absolute atomic E-state index is 11.3. The average Bonchev–Trinajstić information content (AvgIpc) is 2.52. The van der Waals surface area contributed by atoms with E-state index in [2.05, 4.69) is 6.92 Å². The van der Waals surface area contributed by atoms with Crippen molar-refractivity contribution in [3.8, 4) is 0 Å². The van der Waals surface area contributed by atoms with E-state index in [-0.39, 0.29) is 5.97 Å². The van der Waals surface area contributed by atoms with Crippen LogP contribution in [0.1, 0.15) is 29.4 Å². The topological polar surface area (TPSA) is 26.3 Å². The van der Waals surface area contributed by atoms with E-state index in [0.29, 0.717) is 15.8 Å². The smallest absolute Gasteiger partial charge is 0.348 e. The summed E-state index contributed by atoms with van der Waals surface area (Å²) in [6.45, 7) is 2.54. The molecule has 0 fully saturated rings. The number of rotatable bonds is 4. The molecule has 2 nitrogen and oxygen atoms in total. The van der Waals surface area contributed by atoms with Crippen molar-refractivity contribution in [1.82, 2.24) is 0 Å². The van der Waals surface area contributed by atoms with Gasteiger partial charge in [-0.25, -0.2) is 4.79 Å². The Labute approximate surface area is 86.5 Å². The molecule has 1 aromatic heterocycles. The molecule has 0 saturated carbocycles. The number of esters is 1. The van der Waals surface area contributed by atoms with Crippen LogP contribution in [0.25, 0.3) is 0 Å². The molecule has 0 saturated heterocycles. The van der Waals surface area contributed by atoms with Gasteiger partial charge in [0.15, 0.2) is 0 Å². The zero-order valence-corrected chi connectivity index (χ0v) is 8.95. The van der Waals surface area contributed by atoms with Crippen LogP contribution in [0.15, 0.2) is 12.1 Å². The van der Waals surface area contributed by atoms with Crippen LogP contribution in [0.2, 0.25) is 4.34 Å². The quantitative estimate of drug-likeness (QED) is 0.572. The van der Waals surface area contributed by atoms with E-state index < -0.39 is 0 Å². The van der Waals surface area contributed by atoms with Crippen LogP contribution in [-0.4, -0.2) is 12.6 Å². The van der Waals surface area contributed by atoms with Crippen molar-refractivity contribution in [2.24, 2.45) is 0 Å². The molecule has 0 spiro atoms. The van der Waals surface area contributed by atoms with Gasteiger partial charge < -0.3 is 4.74 Å². The summed E-state index contributed by atoms with van der Waals surface area (Å²) in [7, 11) is 0.